The van der Waals surface area contributed by atoms with Gasteiger partial charge in [-0.3, -0.25) is 0 Å². The van der Waals surface area contributed by atoms with Crippen molar-refractivity contribution in [2.75, 3.05) is 5.73 Å². The highest BCUT2D eigenvalue weighted by molar-refractivity contribution is 5.97. The molecule has 0 saturated carbocycles. The van der Waals surface area contributed by atoms with Crippen molar-refractivity contribution in [3.05, 3.63) is 48.3 Å². The van der Waals surface area contributed by atoms with Crippen LogP contribution in [0.25, 0.3) is 22.0 Å². The summed E-state index contributed by atoms with van der Waals surface area (Å²) in [5.74, 6) is 1.71. The van der Waals surface area contributed by atoms with Crippen molar-refractivity contribution in [1.82, 2.24) is 9.55 Å². The Kier molecular flexibility index (Phi) is 2.75. The third kappa shape index (κ3) is 1.78. The molecule has 3 heteroatoms. The maximum Gasteiger partial charge on any atom is 0.131 e. The summed E-state index contributed by atoms with van der Waals surface area (Å²) in [5, 5.41) is 2.40. The van der Waals surface area contributed by atoms with Crippen molar-refractivity contribution >= 4 is 16.6 Å². The Labute approximate surface area is 112 Å². The lowest BCUT2D eigenvalue weighted by Crippen LogP contribution is -2.02. The van der Waals surface area contributed by atoms with Crippen molar-refractivity contribution in [3.8, 4) is 11.3 Å². The number of aryl methyl sites for hydroxylation is 1. The van der Waals surface area contributed by atoms with Gasteiger partial charge in [-0.15, -0.1) is 0 Å². The van der Waals surface area contributed by atoms with Crippen LogP contribution in [-0.4, -0.2) is 9.55 Å². The summed E-state index contributed by atoms with van der Waals surface area (Å²) in [4.78, 5) is 4.64. The number of fused-ring (bicyclic) bond motifs is 1. The van der Waals surface area contributed by atoms with E-state index in [1.165, 1.54) is 10.8 Å². The van der Waals surface area contributed by atoms with Crippen LogP contribution in [-0.2, 0) is 6.54 Å². The predicted octanol–water partition coefficient (Wildman–Crippen LogP) is 3.61. The van der Waals surface area contributed by atoms with E-state index in [0.29, 0.717) is 0 Å². The largest absolute Gasteiger partial charge is 0.383 e. The molecule has 96 valence electrons. The van der Waals surface area contributed by atoms with Crippen molar-refractivity contribution in [1.29, 1.82) is 0 Å². The normalized spacial score (nSPS) is 11.1. The van der Waals surface area contributed by atoms with E-state index in [-0.39, 0.29) is 0 Å². The van der Waals surface area contributed by atoms with Gasteiger partial charge in [0.1, 0.15) is 17.3 Å². The minimum absolute atomic E-state index is 0.747. The summed E-state index contributed by atoms with van der Waals surface area (Å²) >= 11 is 0. The summed E-state index contributed by atoms with van der Waals surface area (Å²) < 4.78 is 2.04. The molecule has 2 N–H and O–H groups in total. The maximum atomic E-state index is 6.24. The summed E-state index contributed by atoms with van der Waals surface area (Å²) in [6.45, 7) is 4.92. The van der Waals surface area contributed by atoms with E-state index < -0.39 is 0 Å². The fourth-order valence-corrected chi connectivity index (χ4v) is 2.61. The fourth-order valence-electron chi connectivity index (χ4n) is 2.61. The molecule has 0 atom stereocenters. The number of nitrogen functional groups attached to an aromatic ring is 1. The summed E-state index contributed by atoms with van der Waals surface area (Å²) in [7, 11) is 0. The second-order valence-corrected chi connectivity index (χ2v) is 4.66. The smallest absolute Gasteiger partial charge is 0.131 e. The Bertz CT molecular complexity index is 736. The van der Waals surface area contributed by atoms with Crippen LogP contribution in [0.4, 0.5) is 5.82 Å². The second-order valence-electron chi connectivity index (χ2n) is 4.66. The summed E-state index contributed by atoms with van der Waals surface area (Å²) in [6, 6.07) is 14.6. The molecule has 0 radical (unpaired) electrons. The van der Waals surface area contributed by atoms with E-state index in [2.05, 4.69) is 42.2 Å². The van der Waals surface area contributed by atoms with Crippen molar-refractivity contribution in [2.45, 2.75) is 20.4 Å². The molecule has 0 saturated heterocycles. The number of hydrogen-bond acceptors (Lipinski definition) is 2. The third-order valence-electron chi connectivity index (χ3n) is 3.56. The SMILES string of the molecule is CCn1c(C)nc(-c2cccc3ccccc23)c1N. The molecular formula is C16H17N3. The number of rotatable bonds is 2. The standard InChI is InChI=1S/C16H17N3/c1-3-19-11(2)18-15(16(19)17)14-10-6-8-12-7-4-5-9-13(12)14/h4-10H,3,17H2,1-2H3. The Balaban J connectivity index is 2.31. The molecule has 0 bridgehead atoms. The van der Waals surface area contributed by atoms with Crippen LogP contribution in [0.15, 0.2) is 42.5 Å². The van der Waals surface area contributed by atoms with Crippen LogP contribution in [0.2, 0.25) is 0 Å². The lowest BCUT2D eigenvalue weighted by molar-refractivity contribution is 0.739. The molecule has 1 heterocycles. The lowest BCUT2D eigenvalue weighted by Gasteiger charge is -2.06. The molecule has 3 rings (SSSR count). The van der Waals surface area contributed by atoms with Crippen molar-refractivity contribution in [2.24, 2.45) is 0 Å². The average Bonchev–Trinajstić information content (AvgIpc) is 2.72. The molecule has 0 aliphatic carbocycles. The van der Waals surface area contributed by atoms with E-state index >= 15 is 0 Å². The van der Waals surface area contributed by atoms with Gasteiger partial charge in [0.25, 0.3) is 0 Å². The molecule has 1 aromatic heterocycles. The predicted molar refractivity (Wildman–Crippen MR) is 80.0 cm³/mol. The molecule has 19 heavy (non-hydrogen) atoms. The van der Waals surface area contributed by atoms with Crippen LogP contribution < -0.4 is 5.73 Å². The number of aromatic nitrogens is 2. The number of benzene rings is 2. The first-order valence-electron chi connectivity index (χ1n) is 6.53. The van der Waals surface area contributed by atoms with Gasteiger partial charge >= 0.3 is 0 Å². The third-order valence-corrected chi connectivity index (χ3v) is 3.56. The molecule has 3 nitrogen and oxygen atoms in total. The van der Waals surface area contributed by atoms with Gasteiger partial charge in [-0.25, -0.2) is 4.98 Å². The van der Waals surface area contributed by atoms with E-state index in [1.54, 1.807) is 0 Å². The van der Waals surface area contributed by atoms with Crippen LogP contribution in [0.5, 0.6) is 0 Å². The van der Waals surface area contributed by atoms with Crippen LogP contribution in [0, 0.1) is 6.92 Å². The van der Waals surface area contributed by atoms with Gasteiger partial charge < -0.3 is 10.3 Å². The molecule has 0 aliphatic rings. The Morgan fingerprint density at radius 2 is 1.84 bits per heavy atom. The molecule has 0 amide bonds. The molecule has 2 aromatic carbocycles. The van der Waals surface area contributed by atoms with Crippen LogP contribution in [0.1, 0.15) is 12.7 Å². The van der Waals surface area contributed by atoms with Gasteiger partial charge in [0.2, 0.25) is 0 Å². The molecule has 0 unspecified atom stereocenters. The van der Waals surface area contributed by atoms with E-state index in [4.69, 9.17) is 5.73 Å². The number of nitrogens with zero attached hydrogens (tertiary/aromatic N) is 2. The zero-order valence-corrected chi connectivity index (χ0v) is 11.2. The second kappa shape index (κ2) is 4.43. The number of hydrogen-bond donors (Lipinski definition) is 1. The number of imidazole rings is 1. The van der Waals surface area contributed by atoms with E-state index in [0.717, 1.165) is 29.4 Å². The Morgan fingerprint density at radius 3 is 2.58 bits per heavy atom. The minimum atomic E-state index is 0.747. The quantitative estimate of drug-likeness (QED) is 0.756. The minimum Gasteiger partial charge on any atom is -0.383 e. The zero-order chi connectivity index (χ0) is 13.4. The Morgan fingerprint density at radius 1 is 1.11 bits per heavy atom. The van der Waals surface area contributed by atoms with Gasteiger partial charge in [-0.2, -0.15) is 0 Å². The van der Waals surface area contributed by atoms with Crippen LogP contribution >= 0.6 is 0 Å². The number of nitrogens with two attached hydrogens (primary N) is 1. The average molecular weight is 251 g/mol. The highest BCUT2D eigenvalue weighted by Gasteiger charge is 2.14. The highest BCUT2D eigenvalue weighted by Crippen LogP contribution is 2.32. The first-order chi connectivity index (χ1) is 9.22. The van der Waals surface area contributed by atoms with Gasteiger partial charge in [-0.05, 0) is 24.6 Å². The topological polar surface area (TPSA) is 43.8 Å². The summed E-state index contributed by atoms with van der Waals surface area (Å²) in [6.07, 6.45) is 0. The fraction of sp³-hybridized carbons (Fsp3) is 0.188. The lowest BCUT2D eigenvalue weighted by atomic mass is 10.0. The van der Waals surface area contributed by atoms with Gasteiger partial charge in [-0.1, -0.05) is 42.5 Å². The van der Waals surface area contributed by atoms with E-state index in [1.807, 2.05) is 23.6 Å². The zero-order valence-electron chi connectivity index (χ0n) is 11.2. The van der Waals surface area contributed by atoms with Gasteiger partial charge in [0, 0.05) is 12.1 Å². The van der Waals surface area contributed by atoms with Crippen LogP contribution in [0.3, 0.4) is 0 Å². The molecule has 0 fully saturated rings. The van der Waals surface area contributed by atoms with Crippen molar-refractivity contribution < 1.29 is 0 Å². The maximum absolute atomic E-state index is 6.24. The number of anilines is 1. The van der Waals surface area contributed by atoms with Gasteiger partial charge in [0.15, 0.2) is 0 Å². The summed E-state index contributed by atoms with van der Waals surface area (Å²) in [5.41, 5.74) is 8.23. The van der Waals surface area contributed by atoms with Gasteiger partial charge in [0.05, 0.1) is 0 Å². The molecule has 3 aromatic rings. The Hall–Kier alpha value is -2.29. The molecule has 0 aliphatic heterocycles. The first-order valence-corrected chi connectivity index (χ1v) is 6.53. The van der Waals surface area contributed by atoms with Crippen molar-refractivity contribution in [3.63, 3.8) is 0 Å². The monoisotopic (exact) mass is 251 g/mol. The first kappa shape index (κ1) is 11.8. The molecule has 0 spiro atoms. The van der Waals surface area contributed by atoms with E-state index in [9.17, 15) is 0 Å². The highest BCUT2D eigenvalue weighted by atomic mass is 15.1. The molecular weight excluding hydrogens is 234 g/mol.